The molecule has 1 atom stereocenters. The molecule has 2 fully saturated rings. The molecule has 2 aromatic heterocycles. The van der Waals surface area contributed by atoms with Crippen molar-refractivity contribution in [2.24, 2.45) is 0 Å². The fourth-order valence-corrected chi connectivity index (χ4v) is 7.38. The van der Waals surface area contributed by atoms with Crippen molar-refractivity contribution in [2.75, 3.05) is 51.2 Å². The van der Waals surface area contributed by atoms with Gasteiger partial charge in [0.1, 0.15) is 22.4 Å². The molecule has 0 aliphatic carbocycles. The van der Waals surface area contributed by atoms with Gasteiger partial charge in [-0.1, -0.05) is 24.3 Å². The zero-order valence-electron chi connectivity index (χ0n) is 28.7. The Kier molecular flexibility index (Phi) is 7.53. The zero-order chi connectivity index (χ0) is 35.9. The van der Waals surface area contributed by atoms with Gasteiger partial charge in [0.25, 0.3) is 5.91 Å². The standard InChI is InChI=1S/C38H36FN5O7/c1-38(2,3)51-37(49)40-20-9-10-43(18-20)31-27(39)15-25-30-35(31)50-29-17-24-23(32(45)21-7-5-6-8-22(21)33(24)46)16-28(29)44(30)19-26(34(25)47)36(48)42-13-11-41(4)12-14-42/h5-8,15-17,19-20H,9-14,18H2,1-4H3,(H,40,49). The Labute approximate surface area is 289 Å². The summed E-state index contributed by atoms with van der Waals surface area (Å²) in [6, 6.07) is 10.4. The number of nitrogens with zero attached hydrogens (tertiary/aromatic N) is 4. The van der Waals surface area contributed by atoms with Crippen molar-refractivity contribution in [3.63, 3.8) is 0 Å². The molecule has 6 aromatic rings. The number of pyridine rings is 1. The summed E-state index contributed by atoms with van der Waals surface area (Å²) in [6.45, 7) is 7.98. The van der Waals surface area contributed by atoms with Gasteiger partial charge in [-0.15, -0.1) is 0 Å². The Balaban J connectivity index is 1.37. The summed E-state index contributed by atoms with van der Waals surface area (Å²) >= 11 is 0. The second kappa shape index (κ2) is 11.8. The van der Waals surface area contributed by atoms with Gasteiger partial charge in [0.2, 0.25) is 5.43 Å². The van der Waals surface area contributed by atoms with E-state index in [1.807, 2.05) is 7.05 Å². The summed E-state index contributed by atoms with van der Waals surface area (Å²) < 4.78 is 29.9. The topological polar surface area (TPSA) is 134 Å². The molecule has 2 aliphatic rings. The Morgan fingerprint density at radius 1 is 0.882 bits per heavy atom. The van der Waals surface area contributed by atoms with Crippen LogP contribution in [0.5, 0.6) is 0 Å². The molecule has 1 unspecified atom stereocenters. The number of likely N-dealkylation sites (N-methyl/N-ethyl adjacent to an activating group) is 1. The number of piperazine rings is 1. The highest BCUT2D eigenvalue weighted by atomic mass is 19.1. The number of nitrogens with one attached hydrogen (secondary N) is 1. The highest BCUT2D eigenvalue weighted by Gasteiger charge is 2.32. The highest BCUT2D eigenvalue weighted by Crippen LogP contribution is 2.38. The molecule has 2 aliphatic heterocycles. The normalized spacial score (nSPS) is 17.4. The molecular weight excluding hydrogens is 657 g/mol. The molecule has 2 saturated heterocycles. The van der Waals surface area contributed by atoms with Crippen LogP contribution in [0.1, 0.15) is 37.6 Å². The lowest BCUT2D eigenvalue weighted by Crippen LogP contribution is -2.48. The average Bonchev–Trinajstić information content (AvgIpc) is 3.54. The van der Waals surface area contributed by atoms with Crippen LogP contribution < -0.4 is 26.5 Å². The number of aromatic nitrogens is 1. The fraction of sp³-hybridized carbons (Fsp3) is 0.342. The third kappa shape index (κ3) is 5.43. The molecule has 0 spiro atoms. The summed E-state index contributed by atoms with van der Waals surface area (Å²) in [5, 5.41) is 3.61. The molecule has 12 nitrogen and oxygen atoms in total. The lowest BCUT2D eigenvalue weighted by molar-refractivity contribution is 0.0508. The van der Waals surface area contributed by atoms with Gasteiger partial charge in [-0.05, 0) is 52.4 Å². The largest absolute Gasteiger partial charge is 0.451 e. The van der Waals surface area contributed by atoms with Crippen LogP contribution in [0.2, 0.25) is 0 Å². The van der Waals surface area contributed by atoms with Gasteiger partial charge in [-0.25, -0.2) is 9.18 Å². The maximum Gasteiger partial charge on any atom is 0.407 e. The third-order valence-electron chi connectivity index (χ3n) is 9.89. The Morgan fingerprint density at radius 2 is 1.55 bits per heavy atom. The molecule has 2 amide bonds. The van der Waals surface area contributed by atoms with Gasteiger partial charge in [-0.2, -0.15) is 0 Å². The number of amides is 2. The van der Waals surface area contributed by atoms with Gasteiger partial charge in [0, 0.05) is 67.0 Å². The number of benzene rings is 4. The van der Waals surface area contributed by atoms with Crippen molar-refractivity contribution in [3.05, 3.63) is 90.7 Å². The van der Waals surface area contributed by atoms with E-state index in [0.29, 0.717) is 44.7 Å². The van der Waals surface area contributed by atoms with Crippen LogP contribution in [0.15, 0.2) is 67.5 Å². The van der Waals surface area contributed by atoms with Gasteiger partial charge in [0.05, 0.1) is 16.9 Å². The third-order valence-corrected chi connectivity index (χ3v) is 9.89. The molecule has 0 bridgehead atoms. The summed E-state index contributed by atoms with van der Waals surface area (Å²) in [5.74, 6) is -1.23. The number of fused-ring (bicyclic) bond motifs is 4. The molecule has 4 heterocycles. The van der Waals surface area contributed by atoms with Crippen LogP contribution in [0, 0.1) is 5.82 Å². The quantitative estimate of drug-likeness (QED) is 0.213. The number of carbonyl (C=O) groups is 2. The van der Waals surface area contributed by atoms with E-state index in [9.17, 15) is 24.0 Å². The van der Waals surface area contributed by atoms with E-state index in [1.54, 1.807) is 59.2 Å². The summed E-state index contributed by atoms with van der Waals surface area (Å²) in [4.78, 5) is 73.4. The lowest BCUT2D eigenvalue weighted by atomic mass is 10.0. The first kappa shape index (κ1) is 32.6. The van der Waals surface area contributed by atoms with Gasteiger partial charge in [0.15, 0.2) is 27.8 Å². The zero-order valence-corrected chi connectivity index (χ0v) is 28.7. The van der Waals surface area contributed by atoms with Crippen LogP contribution >= 0.6 is 0 Å². The molecule has 0 saturated carbocycles. The van der Waals surface area contributed by atoms with E-state index in [-0.39, 0.29) is 78.3 Å². The second-order valence-corrected chi connectivity index (χ2v) is 14.5. The molecule has 4 aromatic carbocycles. The van der Waals surface area contributed by atoms with Crippen molar-refractivity contribution in [1.82, 2.24) is 19.5 Å². The molecule has 51 heavy (non-hydrogen) atoms. The smallest absolute Gasteiger partial charge is 0.407 e. The first-order chi connectivity index (χ1) is 24.3. The Hall–Kier alpha value is -5.56. The molecule has 13 heteroatoms. The van der Waals surface area contributed by atoms with Crippen LogP contribution in [0.4, 0.5) is 14.9 Å². The van der Waals surface area contributed by atoms with Gasteiger partial charge < -0.3 is 33.6 Å². The minimum Gasteiger partial charge on any atom is -0.451 e. The van der Waals surface area contributed by atoms with Crippen molar-refractivity contribution < 1.29 is 23.1 Å². The molecular formula is C38H36FN5O7. The van der Waals surface area contributed by atoms with Crippen molar-refractivity contribution in [2.45, 2.75) is 38.8 Å². The number of halogens is 1. The first-order valence-electron chi connectivity index (χ1n) is 17.0. The summed E-state index contributed by atoms with van der Waals surface area (Å²) in [5.41, 5.74) is -1.40. The van der Waals surface area contributed by atoms with E-state index < -0.39 is 28.8 Å². The monoisotopic (exact) mass is 693 g/mol. The second-order valence-electron chi connectivity index (χ2n) is 14.5. The van der Waals surface area contributed by atoms with E-state index in [1.165, 1.54) is 18.3 Å². The number of alkyl carbamates (subject to hydrolysis) is 1. The number of hydrogen-bond donors (Lipinski definition) is 1. The van der Waals surface area contributed by atoms with Crippen LogP contribution in [0.3, 0.4) is 0 Å². The summed E-state index contributed by atoms with van der Waals surface area (Å²) in [7, 11) is 1.96. The van der Waals surface area contributed by atoms with E-state index in [2.05, 4.69) is 10.2 Å². The highest BCUT2D eigenvalue weighted by molar-refractivity contribution is 6.08. The minimum absolute atomic E-state index is 0.0287. The number of anilines is 1. The Bertz CT molecular complexity index is 2620. The molecule has 1 N–H and O–H groups in total. The Morgan fingerprint density at radius 3 is 2.22 bits per heavy atom. The van der Waals surface area contributed by atoms with E-state index >= 15 is 4.39 Å². The number of ether oxygens (including phenoxy) is 1. The fourth-order valence-electron chi connectivity index (χ4n) is 7.38. The molecule has 8 rings (SSSR count). The van der Waals surface area contributed by atoms with Crippen LogP contribution in [0.25, 0.3) is 49.1 Å². The van der Waals surface area contributed by atoms with E-state index in [4.69, 9.17) is 9.15 Å². The summed E-state index contributed by atoms with van der Waals surface area (Å²) in [6.07, 6.45) is 1.34. The molecule has 262 valence electrons. The lowest BCUT2D eigenvalue weighted by Gasteiger charge is -2.32. The van der Waals surface area contributed by atoms with Crippen molar-refractivity contribution >= 4 is 66.8 Å². The number of rotatable bonds is 3. The SMILES string of the molecule is CN1CCN(C(=O)c2cn3c4cc5c(=O)c6ccccc6c(=O)c5cc4oc4c(N5CCC(NC(=O)OC(C)(C)C)C5)c(F)cc(c2=O)c43)CC1. The van der Waals surface area contributed by atoms with Crippen molar-refractivity contribution in [3.8, 4) is 0 Å². The number of carbonyl (C=O) groups excluding carboxylic acids is 2. The first-order valence-corrected chi connectivity index (χ1v) is 17.0. The van der Waals surface area contributed by atoms with Gasteiger partial charge in [-0.3, -0.25) is 19.2 Å². The number of hydrogen-bond acceptors (Lipinski definition) is 9. The maximum absolute atomic E-state index is 16.4. The predicted octanol–water partition coefficient (Wildman–Crippen LogP) is 4.29. The van der Waals surface area contributed by atoms with E-state index in [0.717, 1.165) is 6.07 Å². The maximum atomic E-state index is 16.4. The predicted molar refractivity (Wildman–Crippen MR) is 193 cm³/mol. The van der Waals surface area contributed by atoms with Gasteiger partial charge >= 0.3 is 6.09 Å². The molecule has 0 radical (unpaired) electrons. The minimum atomic E-state index is -0.746. The average molecular weight is 694 g/mol. The van der Waals surface area contributed by atoms with Crippen LogP contribution in [-0.2, 0) is 4.74 Å². The van der Waals surface area contributed by atoms with Crippen molar-refractivity contribution in [1.29, 1.82) is 0 Å². The van der Waals surface area contributed by atoms with Crippen LogP contribution in [-0.4, -0.2) is 84.2 Å².